The van der Waals surface area contributed by atoms with Crippen LogP contribution in [-0.2, 0) is 11.3 Å². The number of carboxylic acids is 1. The minimum Gasteiger partial charge on any atom is -0.480 e. The zero-order valence-electron chi connectivity index (χ0n) is 11.4. The van der Waals surface area contributed by atoms with E-state index in [2.05, 4.69) is 19.1 Å². The van der Waals surface area contributed by atoms with E-state index < -0.39 is 12.0 Å². The van der Waals surface area contributed by atoms with Crippen molar-refractivity contribution >= 4 is 12.0 Å². The lowest BCUT2D eigenvalue weighted by Crippen LogP contribution is -2.38. The van der Waals surface area contributed by atoms with Crippen LogP contribution in [0, 0.1) is 0 Å². The van der Waals surface area contributed by atoms with Gasteiger partial charge < -0.3 is 10.0 Å². The van der Waals surface area contributed by atoms with Crippen LogP contribution >= 0.6 is 0 Å². The maximum atomic E-state index is 11.4. The van der Waals surface area contributed by atoms with E-state index in [1.165, 1.54) is 11.1 Å². The molecule has 1 unspecified atom stereocenters. The third-order valence-corrected chi connectivity index (χ3v) is 3.62. The van der Waals surface area contributed by atoms with Gasteiger partial charge in [-0.05, 0) is 23.6 Å². The molecule has 0 amide bonds. The van der Waals surface area contributed by atoms with Gasteiger partial charge in [0.25, 0.3) is 0 Å². The van der Waals surface area contributed by atoms with Crippen molar-refractivity contribution in [2.45, 2.75) is 45.2 Å². The average Bonchev–Trinajstić information content (AvgIpc) is 2.43. The van der Waals surface area contributed by atoms with Crippen molar-refractivity contribution in [1.82, 2.24) is 4.90 Å². The van der Waals surface area contributed by atoms with Gasteiger partial charge in [0.05, 0.1) is 0 Å². The number of aliphatic carboxylic acids is 1. The number of fused-ring (bicyclic) bond motifs is 1. The Hall–Kier alpha value is -1.77. The number of hydrogen-bond acceptors (Lipinski definition) is 2. The SMILES string of the molecule is CCCCCC(C(=O)O)N1C=Cc2ccccc2C1. The number of unbranched alkanes of at least 4 members (excludes halogenated alkanes) is 2. The predicted molar refractivity (Wildman–Crippen MR) is 76.6 cm³/mol. The topological polar surface area (TPSA) is 40.5 Å². The van der Waals surface area contributed by atoms with Gasteiger partial charge in [-0.2, -0.15) is 0 Å². The summed E-state index contributed by atoms with van der Waals surface area (Å²) >= 11 is 0. The Kier molecular flexibility index (Phi) is 4.61. The zero-order chi connectivity index (χ0) is 13.7. The molecule has 3 heteroatoms. The molecule has 2 rings (SSSR count). The maximum Gasteiger partial charge on any atom is 0.326 e. The second kappa shape index (κ2) is 6.41. The van der Waals surface area contributed by atoms with Crippen molar-refractivity contribution in [1.29, 1.82) is 0 Å². The van der Waals surface area contributed by atoms with Crippen LogP contribution in [-0.4, -0.2) is 22.0 Å². The van der Waals surface area contributed by atoms with E-state index in [1.807, 2.05) is 29.3 Å². The van der Waals surface area contributed by atoms with Crippen molar-refractivity contribution in [3.8, 4) is 0 Å². The van der Waals surface area contributed by atoms with E-state index in [4.69, 9.17) is 0 Å². The van der Waals surface area contributed by atoms with E-state index in [1.54, 1.807) is 0 Å². The van der Waals surface area contributed by atoms with Crippen LogP contribution in [0.15, 0.2) is 30.5 Å². The summed E-state index contributed by atoms with van der Waals surface area (Å²) in [5, 5.41) is 9.40. The largest absolute Gasteiger partial charge is 0.480 e. The molecule has 0 aromatic heterocycles. The summed E-state index contributed by atoms with van der Waals surface area (Å²) in [5.41, 5.74) is 2.39. The van der Waals surface area contributed by atoms with Gasteiger partial charge in [-0.25, -0.2) is 4.79 Å². The highest BCUT2D eigenvalue weighted by atomic mass is 16.4. The lowest BCUT2D eigenvalue weighted by molar-refractivity contribution is -0.142. The van der Waals surface area contributed by atoms with Crippen molar-refractivity contribution in [3.05, 3.63) is 41.6 Å². The van der Waals surface area contributed by atoms with Crippen molar-refractivity contribution in [3.63, 3.8) is 0 Å². The molecule has 1 atom stereocenters. The highest BCUT2D eigenvalue weighted by Crippen LogP contribution is 2.23. The van der Waals surface area contributed by atoms with Crippen LogP contribution in [0.2, 0.25) is 0 Å². The molecule has 0 saturated heterocycles. The predicted octanol–water partition coefficient (Wildman–Crippen LogP) is 3.51. The number of benzene rings is 1. The number of hydrogen-bond donors (Lipinski definition) is 1. The van der Waals surface area contributed by atoms with Gasteiger partial charge in [0.15, 0.2) is 0 Å². The summed E-state index contributed by atoms with van der Waals surface area (Å²) in [6, 6.07) is 7.74. The number of nitrogens with zero attached hydrogens (tertiary/aromatic N) is 1. The standard InChI is InChI=1S/C16H21NO2/c1-2-3-4-9-15(16(18)19)17-11-10-13-7-5-6-8-14(13)12-17/h5-8,10-11,15H,2-4,9,12H2,1H3,(H,18,19). The molecule has 1 aliphatic heterocycles. The minimum absolute atomic E-state index is 0.406. The smallest absolute Gasteiger partial charge is 0.326 e. The first-order chi connectivity index (χ1) is 9.22. The van der Waals surface area contributed by atoms with Crippen LogP contribution in [0.3, 0.4) is 0 Å². The molecular weight excluding hydrogens is 238 g/mol. The zero-order valence-corrected chi connectivity index (χ0v) is 11.4. The number of rotatable bonds is 6. The Bertz CT molecular complexity index is 468. The molecule has 0 fully saturated rings. The van der Waals surface area contributed by atoms with Gasteiger partial charge >= 0.3 is 5.97 Å². The highest BCUT2D eigenvalue weighted by Gasteiger charge is 2.24. The van der Waals surface area contributed by atoms with Crippen molar-refractivity contribution in [2.24, 2.45) is 0 Å². The maximum absolute atomic E-state index is 11.4. The third kappa shape index (κ3) is 3.37. The normalized spacial score (nSPS) is 15.1. The second-order valence-corrected chi connectivity index (χ2v) is 5.04. The van der Waals surface area contributed by atoms with Crippen LogP contribution in [0.4, 0.5) is 0 Å². The molecule has 1 aliphatic rings. The molecule has 0 aliphatic carbocycles. The molecule has 0 saturated carbocycles. The quantitative estimate of drug-likeness (QED) is 0.795. The van der Waals surface area contributed by atoms with Crippen LogP contribution in [0.25, 0.3) is 6.08 Å². The summed E-state index contributed by atoms with van der Waals surface area (Å²) in [5.74, 6) is -0.722. The monoisotopic (exact) mass is 259 g/mol. The second-order valence-electron chi connectivity index (χ2n) is 5.04. The van der Waals surface area contributed by atoms with Crippen molar-refractivity contribution in [2.75, 3.05) is 0 Å². The Morgan fingerprint density at radius 2 is 2.16 bits per heavy atom. The summed E-state index contributed by atoms with van der Waals surface area (Å²) in [6.45, 7) is 2.82. The molecule has 0 bridgehead atoms. The average molecular weight is 259 g/mol. The summed E-state index contributed by atoms with van der Waals surface area (Å²) in [7, 11) is 0. The fourth-order valence-electron chi connectivity index (χ4n) is 2.50. The first kappa shape index (κ1) is 13.7. The van der Waals surface area contributed by atoms with E-state index >= 15 is 0 Å². The van der Waals surface area contributed by atoms with Crippen LogP contribution < -0.4 is 0 Å². The molecular formula is C16H21NO2. The van der Waals surface area contributed by atoms with Gasteiger partial charge in [-0.15, -0.1) is 0 Å². The molecule has 102 valence electrons. The Morgan fingerprint density at radius 3 is 2.89 bits per heavy atom. The lowest BCUT2D eigenvalue weighted by atomic mass is 10.0. The lowest BCUT2D eigenvalue weighted by Gasteiger charge is -2.31. The minimum atomic E-state index is -0.722. The third-order valence-electron chi connectivity index (χ3n) is 3.62. The van der Waals surface area contributed by atoms with Gasteiger partial charge in [-0.1, -0.05) is 50.5 Å². The summed E-state index contributed by atoms with van der Waals surface area (Å²) in [4.78, 5) is 13.4. The van der Waals surface area contributed by atoms with Gasteiger partial charge in [0, 0.05) is 12.7 Å². The summed E-state index contributed by atoms with van der Waals surface area (Å²) < 4.78 is 0. The molecule has 3 nitrogen and oxygen atoms in total. The summed E-state index contributed by atoms with van der Waals surface area (Å²) in [6.07, 6.45) is 7.83. The molecule has 0 spiro atoms. The van der Waals surface area contributed by atoms with Crippen molar-refractivity contribution < 1.29 is 9.90 Å². The number of carboxylic acid groups (broad SMARTS) is 1. The Morgan fingerprint density at radius 1 is 1.37 bits per heavy atom. The van der Waals surface area contributed by atoms with E-state index in [0.717, 1.165) is 25.7 Å². The first-order valence-corrected chi connectivity index (χ1v) is 6.97. The first-order valence-electron chi connectivity index (χ1n) is 6.97. The van der Waals surface area contributed by atoms with Crippen LogP contribution in [0.1, 0.15) is 43.7 Å². The Balaban J connectivity index is 2.06. The molecule has 1 N–H and O–H groups in total. The highest BCUT2D eigenvalue weighted by molar-refractivity contribution is 5.74. The number of carbonyl (C=O) groups is 1. The molecule has 1 aromatic carbocycles. The molecule has 1 aromatic rings. The molecule has 1 heterocycles. The fourth-order valence-corrected chi connectivity index (χ4v) is 2.50. The Labute approximate surface area is 114 Å². The van der Waals surface area contributed by atoms with Crippen LogP contribution in [0.5, 0.6) is 0 Å². The molecule has 0 radical (unpaired) electrons. The fraction of sp³-hybridized carbons (Fsp3) is 0.438. The molecule has 19 heavy (non-hydrogen) atoms. The van der Waals surface area contributed by atoms with Gasteiger partial charge in [0.1, 0.15) is 6.04 Å². The van der Waals surface area contributed by atoms with Gasteiger partial charge in [-0.3, -0.25) is 0 Å². The van der Waals surface area contributed by atoms with E-state index in [9.17, 15) is 9.90 Å². The van der Waals surface area contributed by atoms with E-state index in [-0.39, 0.29) is 0 Å². The van der Waals surface area contributed by atoms with E-state index in [0.29, 0.717) is 6.54 Å². The van der Waals surface area contributed by atoms with Gasteiger partial charge in [0.2, 0.25) is 0 Å².